The van der Waals surface area contributed by atoms with Crippen LogP contribution in [0.4, 0.5) is 5.69 Å². The van der Waals surface area contributed by atoms with Crippen molar-refractivity contribution in [2.24, 2.45) is 5.92 Å². The Bertz CT molecular complexity index is 671. The van der Waals surface area contributed by atoms with Gasteiger partial charge in [0, 0.05) is 35.2 Å². The van der Waals surface area contributed by atoms with Crippen molar-refractivity contribution in [3.8, 4) is 0 Å². The van der Waals surface area contributed by atoms with Gasteiger partial charge in [-0.2, -0.15) is 0 Å². The smallest absolute Gasteiger partial charge is 0.224 e. The summed E-state index contributed by atoms with van der Waals surface area (Å²) in [6.07, 6.45) is 2.50. The first-order chi connectivity index (χ1) is 10.9. The van der Waals surface area contributed by atoms with Crippen molar-refractivity contribution in [2.45, 2.75) is 40.0 Å². The van der Waals surface area contributed by atoms with Crippen LogP contribution in [0.2, 0.25) is 0 Å². The van der Waals surface area contributed by atoms with Gasteiger partial charge in [-0.25, -0.2) is 0 Å². The molecule has 0 spiro atoms. The number of anilines is 1. The predicted octanol–water partition coefficient (Wildman–Crippen LogP) is 3.96. The third kappa shape index (κ3) is 4.83. The summed E-state index contributed by atoms with van der Waals surface area (Å²) in [7, 11) is 4.18. The van der Waals surface area contributed by atoms with Gasteiger partial charge in [-0.05, 0) is 63.5 Å². The summed E-state index contributed by atoms with van der Waals surface area (Å²) in [5.74, 6) is 0.647. The van der Waals surface area contributed by atoms with Gasteiger partial charge in [0.25, 0.3) is 0 Å². The zero-order valence-electron chi connectivity index (χ0n) is 15.0. The highest BCUT2D eigenvalue weighted by Crippen LogP contribution is 2.26. The zero-order valence-corrected chi connectivity index (χ0v) is 15.0. The van der Waals surface area contributed by atoms with Gasteiger partial charge in [0.05, 0.1) is 0 Å². The largest absolute Gasteiger partial charge is 0.358 e. The summed E-state index contributed by atoms with van der Waals surface area (Å²) in [6.45, 7) is 7.41. The molecule has 23 heavy (non-hydrogen) atoms. The molecular formula is C19H29N3O. The first-order valence-electron chi connectivity index (χ1n) is 8.42. The lowest BCUT2D eigenvalue weighted by Gasteiger charge is -2.10. The van der Waals surface area contributed by atoms with Gasteiger partial charge in [0.2, 0.25) is 5.91 Å². The van der Waals surface area contributed by atoms with Crippen molar-refractivity contribution in [1.82, 2.24) is 9.88 Å². The van der Waals surface area contributed by atoms with E-state index < -0.39 is 0 Å². The van der Waals surface area contributed by atoms with Crippen LogP contribution in [-0.4, -0.2) is 36.4 Å². The second kappa shape index (κ2) is 7.64. The normalized spacial score (nSPS) is 11.6. The lowest BCUT2D eigenvalue weighted by molar-refractivity contribution is -0.116. The van der Waals surface area contributed by atoms with Crippen molar-refractivity contribution in [2.75, 3.05) is 26.0 Å². The molecular weight excluding hydrogens is 286 g/mol. The van der Waals surface area contributed by atoms with E-state index in [1.165, 1.54) is 16.6 Å². The number of aryl methyl sites for hydroxylation is 1. The van der Waals surface area contributed by atoms with Crippen LogP contribution in [0.15, 0.2) is 18.2 Å². The number of rotatable bonds is 7. The number of carbonyl (C=O) groups is 1. The standard InChI is InChI=1S/C19H29N3O/c1-13(2)6-9-19(23)21-15-7-8-18-17(12-15)16(14(3)20-18)10-11-22(4)5/h7-8,12-13,20H,6,9-11H2,1-5H3,(H,21,23). The predicted molar refractivity (Wildman–Crippen MR) is 98.0 cm³/mol. The monoisotopic (exact) mass is 315 g/mol. The Morgan fingerprint density at radius 3 is 2.70 bits per heavy atom. The number of fused-ring (bicyclic) bond motifs is 1. The second-order valence-electron chi connectivity index (χ2n) is 7.02. The van der Waals surface area contributed by atoms with E-state index in [2.05, 4.69) is 62.2 Å². The molecule has 0 aliphatic carbocycles. The highest BCUT2D eigenvalue weighted by atomic mass is 16.1. The molecule has 0 radical (unpaired) electrons. The number of hydrogen-bond acceptors (Lipinski definition) is 2. The Morgan fingerprint density at radius 1 is 1.30 bits per heavy atom. The summed E-state index contributed by atoms with van der Waals surface area (Å²) in [4.78, 5) is 17.7. The molecule has 0 aliphatic heterocycles. The fraction of sp³-hybridized carbons (Fsp3) is 0.526. The second-order valence-corrected chi connectivity index (χ2v) is 7.02. The fourth-order valence-corrected chi connectivity index (χ4v) is 2.76. The van der Waals surface area contributed by atoms with Gasteiger partial charge in [-0.15, -0.1) is 0 Å². The number of aromatic nitrogens is 1. The molecule has 4 heteroatoms. The van der Waals surface area contributed by atoms with Crippen LogP contribution in [0, 0.1) is 12.8 Å². The topological polar surface area (TPSA) is 48.1 Å². The van der Waals surface area contributed by atoms with Crippen LogP contribution in [0.3, 0.4) is 0 Å². The Hall–Kier alpha value is -1.81. The number of nitrogens with zero attached hydrogens (tertiary/aromatic N) is 1. The number of nitrogens with one attached hydrogen (secondary N) is 2. The average Bonchev–Trinajstić information content (AvgIpc) is 2.78. The highest BCUT2D eigenvalue weighted by molar-refractivity contribution is 5.95. The maximum atomic E-state index is 12.0. The molecule has 4 nitrogen and oxygen atoms in total. The van der Waals surface area contributed by atoms with Gasteiger partial charge in [0.1, 0.15) is 0 Å². The van der Waals surface area contributed by atoms with Gasteiger partial charge >= 0.3 is 0 Å². The zero-order chi connectivity index (χ0) is 17.0. The highest BCUT2D eigenvalue weighted by Gasteiger charge is 2.11. The van der Waals surface area contributed by atoms with Crippen molar-refractivity contribution >= 4 is 22.5 Å². The van der Waals surface area contributed by atoms with E-state index in [1.54, 1.807) is 0 Å². The van der Waals surface area contributed by atoms with E-state index >= 15 is 0 Å². The number of amides is 1. The van der Waals surface area contributed by atoms with E-state index in [1.807, 2.05) is 6.07 Å². The molecule has 0 aliphatic rings. The molecule has 0 unspecified atom stereocenters. The van der Waals surface area contributed by atoms with Crippen LogP contribution < -0.4 is 5.32 Å². The Kier molecular flexibility index (Phi) is 5.83. The molecule has 126 valence electrons. The SMILES string of the molecule is Cc1[nH]c2ccc(NC(=O)CCC(C)C)cc2c1CCN(C)C. The Labute approximate surface area is 139 Å². The molecule has 1 heterocycles. The molecule has 2 N–H and O–H groups in total. The summed E-state index contributed by atoms with van der Waals surface area (Å²) in [6, 6.07) is 6.12. The molecule has 0 atom stereocenters. The van der Waals surface area contributed by atoms with E-state index in [9.17, 15) is 4.79 Å². The first-order valence-corrected chi connectivity index (χ1v) is 8.42. The van der Waals surface area contributed by atoms with E-state index in [0.717, 1.165) is 30.6 Å². The van der Waals surface area contributed by atoms with Crippen LogP contribution in [-0.2, 0) is 11.2 Å². The number of aromatic amines is 1. The molecule has 1 aromatic heterocycles. The number of hydrogen-bond donors (Lipinski definition) is 2. The minimum Gasteiger partial charge on any atom is -0.358 e. The molecule has 0 saturated heterocycles. The van der Waals surface area contributed by atoms with Crippen molar-refractivity contribution < 1.29 is 4.79 Å². The molecule has 2 aromatic rings. The molecule has 2 rings (SSSR count). The maximum Gasteiger partial charge on any atom is 0.224 e. The minimum atomic E-state index is 0.0974. The molecule has 1 aromatic carbocycles. The molecule has 0 saturated carbocycles. The number of carbonyl (C=O) groups excluding carboxylic acids is 1. The van der Waals surface area contributed by atoms with Gasteiger partial charge in [-0.1, -0.05) is 13.8 Å². The summed E-state index contributed by atoms with van der Waals surface area (Å²) in [5.41, 5.74) is 4.57. The Balaban J connectivity index is 2.16. The van der Waals surface area contributed by atoms with Gasteiger partial charge in [-0.3, -0.25) is 4.79 Å². The van der Waals surface area contributed by atoms with Crippen LogP contribution >= 0.6 is 0 Å². The van der Waals surface area contributed by atoms with Crippen LogP contribution in [0.1, 0.15) is 37.9 Å². The van der Waals surface area contributed by atoms with Crippen LogP contribution in [0.5, 0.6) is 0 Å². The molecule has 0 fully saturated rings. The fourth-order valence-electron chi connectivity index (χ4n) is 2.76. The number of benzene rings is 1. The lowest BCUT2D eigenvalue weighted by atomic mass is 10.1. The third-order valence-corrected chi connectivity index (χ3v) is 4.16. The van der Waals surface area contributed by atoms with Gasteiger partial charge in [0.15, 0.2) is 0 Å². The molecule has 0 bridgehead atoms. The molecule has 1 amide bonds. The van der Waals surface area contributed by atoms with E-state index in [4.69, 9.17) is 0 Å². The average molecular weight is 315 g/mol. The quantitative estimate of drug-likeness (QED) is 0.812. The first kappa shape index (κ1) is 17.5. The summed E-state index contributed by atoms with van der Waals surface area (Å²) >= 11 is 0. The van der Waals surface area contributed by atoms with Crippen molar-refractivity contribution in [1.29, 1.82) is 0 Å². The third-order valence-electron chi connectivity index (χ3n) is 4.16. The minimum absolute atomic E-state index is 0.0974. The lowest BCUT2D eigenvalue weighted by Crippen LogP contribution is -2.15. The van der Waals surface area contributed by atoms with Crippen molar-refractivity contribution in [3.63, 3.8) is 0 Å². The summed E-state index contributed by atoms with van der Waals surface area (Å²) in [5, 5.41) is 4.24. The summed E-state index contributed by atoms with van der Waals surface area (Å²) < 4.78 is 0. The Morgan fingerprint density at radius 2 is 2.04 bits per heavy atom. The van der Waals surface area contributed by atoms with Crippen molar-refractivity contribution in [3.05, 3.63) is 29.5 Å². The number of H-pyrrole nitrogens is 1. The maximum absolute atomic E-state index is 12.0. The van der Waals surface area contributed by atoms with Gasteiger partial charge < -0.3 is 15.2 Å². The number of likely N-dealkylation sites (N-methyl/N-ethyl adjacent to an activating group) is 1. The van der Waals surface area contributed by atoms with E-state index in [-0.39, 0.29) is 5.91 Å². The van der Waals surface area contributed by atoms with E-state index in [0.29, 0.717) is 12.3 Å². The van der Waals surface area contributed by atoms with Crippen LogP contribution in [0.25, 0.3) is 10.9 Å².